The van der Waals surface area contributed by atoms with Gasteiger partial charge in [-0.25, -0.2) is 18.7 Å². The zero-order valence-corrected chi connectivity index (χ0v) is 24.8. The molecule has 43 heavy (non-hydrogen) atoms. The topological polar surface area (TPSA) is 133 Å². The molecule has 0 spiro atoms. The second kappa shape index (κ2) is 13.5. The van der Waals surface area contributed by atoms with Gasteiger partial charge in [-0.05, 0) is 73.4 Å². The van der Waals surface area contributed by atoms with Crippen molar-refractivity contribution in [2.75, 3.05) is 32.6 Å². The van der Waals surface area contributed by atoms with Crippen LogP contribution in [0.5, 0.6) is 17.2 Å². The van der Waals surface area contributed by atoms with Crippen LogP contribution in [0.3, 0.4) is 0 Å². The second-order valence-corrected chi connectivity index (χ2v) is 12.9. The number of carbonyl (C=O) groups excluding carboxylic acids is 2. The van der Waals surface area contributed by atoms with Crippen LogP contribution in [0.1, 0.15) is 48.2 Å². The molecule has 2 aliphatic rings. The summed E-state index contributed by atoms with van der Waals surface area (Å²) in [4.78, 5) is 37.5. The normalized spacial score (nSPS) is 21.8. The van der Waals surface area contributed by atoms with Crippen LogP contribution in [0.2, 0.25) is 0 Å². The molecular weight excluding hydrogens is 574 g/mol. The number of carbonyl (C=O) groups is 2. The fourth-order valence-corrected chi connectivity index (χ4v) is 7.42. The number of hydrogen-bond acceptors (Lipinski definition) is 9. The standard InChI is InChI=1S/C31H35N3O8S/c1-39-24-12-14-26(15-13-24)41-25-10-8-23(9-11-25)31(22-28(35)33-42-29-7-3-5-20-40-29)16-18-34(19-21-43(31,37)38)30(36)27-6-2-4-17-32-27/h2,4,6,8-15,17,29H,3,5,7,16,18-22H2,1H3,(H,33,35). The van der Waals surface area contributed by atoms with Crippen LogP contribution in [0, 0.1) is 0 Å². The van der Waals surface area contributed by atoms with E-state index in [4.69, 9.17) is 19.0 Å². The first-order valence-electron chi connectivity index (χ1n) is 14.2. The molecule has 11 nitrogen and oxygen atoms in total. The molecule has 2 unspecified atom stereocenters. The number of pyridine rings is 1. The Balaban J connectivity index is 1.40. The largest absolute Gasteiger partial charge is 0.497 e. The predicted molar refractivity (Wildman–Crippen MR) is 157 cm³/mol. The molecule has 2 atom stereocenters. The number of aromatic nitrogens is 1. The summed E-state index contributed by atoms with van der Waals surface area (Å²) >= 11 is 0. The number of rotatable bonds is 9. The number of sulfone groups is 1. The highest BCUT2D eigenvalue weighted by molar-refractivity contribution is 7.92. The van der Waals surface area contributed by atoms with Gasteiger partial charge in [-0.15, -0.1) is 0 Å². The highest BCUT2D eigenvalue weighted by Crippen LogP contribution is 2.41. The lowest BCUT2D eigenvalue weighted by atomic mass is 9.90. The molecule has 2 amide bonds. The Morgan fingerprint density at radius 1 is 1.00 bits per heavy atom. The molecule has 3 heterocycles. The third-order valence-electron chi connectivity index (χ3n) is 7.75. The maximum Gasteiger partial charge on any atom is 0.272 e. The average molecular weight is 610 g/mol. The van der Waals surface area contributed by atoms with Crippen LogP contribution >= 0.6 is 0 Å². The van der Waals surface area contributed by atoms with Gasteiger partial charge in [-0.2, -0.15) is 0 Å². The first kappa shape index (κ1) is 30.5. The van der Waals surface area contributed by atoms with Crippen LogP contribution in [-0.2, 0) is 29.0 Å². The fraction of sp³-hybridized carbons (Fsp3) is 0.387. The van der Waals surface area contributed by atoms with Gasteiger partial charge in [0.05, 0.1) is 19.3 Å². The smallest absolute Gasteiger partial charge is 0.272 e. The summed E-state index contributed by atoms with van der Waals surface area (Å²) < 4.78 is 43.2. The van der Waals surface area contributed by atoms with Crippen LogP contribution in [-0.4, -0.2) is 69.0 Å². The molecule has 1 N–H and O–H groups in total. The first-order chi connectivity index (χ1) is 20.8. The van der Waals surface area contributed by atoms with Crippen molar-refractivity contribution < 1.29 is 37.1 Å². The highest BCUT2D eigenvalue weighted by Gasteiger charge is 2.49. The van der Waals surface area contributed by atoms with Gasteiger partial charge in [0.2, 0.25) is 5.91 Å². The van der Waals surface area contributed by atoms with Gasteiger partial charge >= 0.3 is 0 Å². The summed E-state index contributed by atoms with van der Waals surface area (Å²) in [6.45, 7) is 0.620. The summed E-state index contributed by atoms with van der Waals surface area (Å²) in [5.41, 5.74) is 3.06. The van der Waals surface area contributed by atoms with E-state index >= 15 is 0 Å². The number of hydroxylamine groups is 1. The molecule has 228 valence electrons. The number of amides is 2. The van der Waals surface area contributed by atoms with Gasteiger partial charge < -0.3 is 19.1 Å². The van der Waals surface area contributed by atoms with Gasteiger partial charge in [0.15, 0.2) is 16.1 Å². The van der Waals surface area contributed by atoms with Gasteiger partial charge in [-0.1, -0.05) is 18.2 Å². The van der Waals surface area contributed by atoms with Crippen molar-refractivity contribution in [3.05, 3.63) is 84.2 Å². The molecule has 2 saturated heterocycles. The number of nitrogens with one attached hydrogen (secondary N) is 1. The minimum absolute atomic E-state index is 0.0000604. The third-order valence-corrected chi connectivity index (χ3v) is 10.2. The summed E-state index contributed by atoms with van der Waals surface area (Å²) in [7, 11) is -2.38. The minimum atomic E-state index is -3.96. The lowest BCUT2D eigenvalue weighted by molar-refractivity contribution is -0.200. The van der Waals surface area contributed by atoms with E-state index in [1.54, 1.807) is 73.8 Å². The number of hydrogen-bond donors (Lipinski definition) is 1. The van der Waals surface area contributed by atoms with E-state index in [1.807, 2.05) is 0 Å². The van der Waals surface area contributed by atoms with Gasteiger partial charge in [0.25, 0.3) is 5.91 Å². The summed E-state index contributed by atoms with van der Waals surface area (Å²) in [6.07, 6.45) is 2.99. The van der Waals surface area contributed by atoms with Crippen molar-refractivity contribution >= 4 is 21.7 Å². The Morgan fingerprint density at radius 2 is 1.72 bits per heavy atom. The van der Waals surface area contributed by atoms with E-state index in [0.29, 0.717) is 35.8 Å². The molecule has 2 aliphatic heterocycles. The zero-order chi connectivity index (χ0) is 30.3. The van der Waals surface area contributed by atoms with Gasteiger partial charge in [-0.3, -0.25) is 14.6 Å². The second-order valence-electron chi connectivity index (χ2n) is 10.5. The summed E-state index contributed by atoms with van der Waals surface area (Å²) in [6, 6.07) is 18.7. The van der Waals surface area contributed by atoms with E-state index in [0.717, 1.165) is 12.8 Å². The van der Waals surface area contributed by atoms with E-state index in [9.17, 15) is 18.0 Å². The molecule has 1 aromatic heterocycles. The van der Waals surface area contributed by atoms with E-state index in [2.05, 4.69) is 10.5 Å². The number of nitrogens with zero attached hydrogens (tertiary/aromatic N) is 2. The molecule has 0 radical (unpaired) electrons. The number of methoxy groups -OCH3 is 1. The predicted octanol–water partition coefficient (Wildman–Crippen LogP) is 4.00. The zero-order valence-electron chi connectivity index (χ0n) is 23.9. The third kappa shape index (κ3) is 7.15. The van der Waals surface area contributed by atoms with Crippen LogP contribution < -0.4 is 15.0 Å². The summed E-state index contributed by atoms with van der Waals surface area (Å²) in [5.74, 6) is 0.476. The van der Waals surface area contributed by atoms with Gasteiger partial charge in [0.1, 0.15) is 27.7 Å². The van der Waals surface area contributed by atoms with Crippen molar-refractivity contribution in [1.29, 1.82) is 0 Å². The highest BCUT2D eigenvalue weighted by atomic mass is 32.2. The first-order valence-corrected chi connectivity index (χ1v) is 15.9. The molecule has 2 fully saturated rings. The molecular formula is C31H35N3O8S. The Bertz CT molecular complexity index is 1490. The van der Waals surface area contributed by atoms with Crippen molar-refractivity contribution in [3.8, 4) is 17.2 Å². The monoisotopic (exact) mass is 609 g/mol. The van der Waals surface area contributed by atoms with Crippen LogP contribution in [0.4, 0.5) is 0 Å². The lowest BCUT2D eigenvalue weighted by Gasteiger charge is -2.32. The summed E-state index contributed by atoms with van der Waals surface area (Å²) in [5, 5.41) is 0. The fourth-order valence-electron chi connectivity index (χ4n) is 5.32. The number of ether oxygens (including phenoxy) is 3. The Morgan fingerprint density at radius 3 is 2.37 bits per heavy atom. The Hall–Kier alpha value is -4.00. The SMILES string of the molecule is COc1ccc(Oc2ccc(C3(CC(=O)NOC4CCCCO4)CCN(C(=O)c4ccccn4)CCS3(=O)=O)cc2)cc1. The van der Waals surface area contributed by atoms with Gasteiger partial charge in [0, 0.05) is 32.3 Å². The molecule has 0 aliphatic carbocycles. The maximum atomic E-state index is 14.1. The molecule has 2 aromatic carbocycles. The number of benzene rings is 2. The van der Waals surface area contributed by atoms with E-state index in [-0.39, 0.29) is 36.9 Å². The van der Waals surface area contributed by atoms with E-state index < -0.39 is 33.2 Å². The van der Waals surface area contributed by atoms with Crippen molar-refractivity contribution in [1.82, 2.24) is 15.4 Å². The Labute approximate surface area is 251 Å². The van der Waals surface area contributed by atoms with Crippen LogP contribution in [0.15, 0.2) is 72.9 Å². The average Bonchev–Trinajstić information content (AvgIpc) is 3.17. The van der Waals surface area contributed by atoms with E-state index in [1.165, 1.54) is 11.1 Å². The van der Waals surface area contributed by atoms with Crippen molar-refractivity contribution in [2.45, 2.75) is 43.1 Å². The van der Waals surface area contributed by atoms with Crippen molar-refractivity contribution in [2.24, 2.45) is 0 Å². The lowest BCUT2D eigenvalue weighted by Crippen LogP contribution is -2.43. The van der Waals surface area contributed by atoms with Crippen molar-refractivity contribution in [3.63, 3.8) is 0 Å². The molecule has 0 saturated carbocycles. The molecule has 12 heteroatoms. The Kier molecular flexibility index (Phi) is 9.59. The molecule has 5 rings (SSSR count). The maximum absolute atomic E-state index is 14.1. The molecule has 3 aromatic rings. The van der Waals surface area contributed by atoms with Crippen LogP contribution in [0.25, 0.3) is 0 Å². The quantitative estimate of drug-likeness (QED) is 0.357. The molecule has 0 bridgehead atoms. The minimum Gasteiger partial charge on any atom is -0.497 e.